The van der Waals surface area contributed by atoms with Gasteiger partial charge in [-0.25, -0.2) is 14.6 Å². The van der Waals surface area contributed by atoms with Crippen molar-refractivity contribution in [3.8, 4) is 0 Å². The highest BCUT2D eigenvalue weighted by molar-refractivity contribution is 7.22. The molecule has 3 aromatic rings. The van der Waals surface area contributed by atoms with Crippen LogP contribution >= 0.6 is 11.3 Å². The molecule has 0 unspecified atom stereocenters. The average Bonchev–Trinajstić information content (AvgIpc) is 3.03. The average molecular weight is 386 g/mol. The largest absolute Gasteiger partial charge is 0.452 e. The Bertz CT molecular complexity index is 1010. The minimum Gasteiger partial charge on any atom is -0.452 e. The lowest BCUT2D eigenvalue weighted by Crippen LogP contribution is -2.34. The molecular formula is C19H18N2O5S. The second-order valence-corrected chi connectivity index (χ2v) is 6.87. The molecule has 0 atom stereocenters. The number of hydrogen-bond acceptors (Lipinski definition) is 7. The standard InChI is InChI=1S/C19H18N2O5S/c1-4-21(19-20-13-7-5-6-8-14(13)27-19)15(22)10-25-18(24)17-11(2)9-16(23)26-12(17)3/h5-9H,4,10H2,1-3H3. The Kier molecular flexibility index (Phi) is 5.36. The van der Waals surface area contributed by atoms with Crippen molar-refractivity contribution in [2.45, 2.75) is 20.8 Å². The summed E-state index contributed by atoms with van der Waals surface area (Å²) < 4.78 is 11.1. The molecule has 0 radical (unpaired) electrons. The van der Waals surface area contributed by atoms with Crippen molar-refractivity contribution in [1.29, 1.82) is 0 Å². The van der Waals surface area contributed by atoms with E-state index >= 15 is 0 Å². The number of anilines is 1. The van der Waals surface area contributed by atoms with Gasteiger partial charge in [-0.1, -0.05) is 23.5 Å². The maximum absolute atomic E-state index is 12.6. The van der Waals surface area contributed by atoms with Crippen LogP contribution in [0, 0.1) is 13.8 Å². The number of rotatable bonds is 5. The molecule has 140 valence electrons. The highest BCUT2D eigenvalue weighted by atomic mass is 32.1. The fourth-order valence-corrected chi connectivity index (χ4v) is 3.78. The summed E-state index contributed by atoms with van der Waals surface area (Å²) in [6.45, 7) is 4.91. The van der Waals surface area contributed by atoms with Gasteiger partial charge in [-0.05, 0) is 38.5 Å². The van der Waals surface area contributed by atoms with Gasteiger partial charge in [0.1, 0.15) is 11.3 Å². The molecule has 0 fully saturated rings. The molecule has 0 aliphatic heterocycles. The van der Waals surface area contributed by atoms with Crippen LogP contribution in [0.15, 0.2) is 39.5 Å². The quantitative estimate of drug-likeness (QED) is 0.626. The molecule has 0 N–H and O–H groups in total. The van der Waals surface area contributed by atoms with Gasteiger partial charge in [-0.3, -0.25) is 9.69 Å². The van der Waals surface area contributed by atoms with Crippen molar-refractivity contribution in [2.24, 2.45) is 0 Å². The van der Waals surface area contributed by atoms with Gasteiger partial charge < -0.3 is 9.15 Å². The summed E-state index contributed by atoms with van der Waals surface area (Å²) in [5.41, 5.74) is 0.877. The van der Waals surface area contributed by atoms with E-state index in [9.17, 15) is 14.4 Å². The number of thiazole rings is 1. The van der Waals surface area contributed by atoms with Crippen LogP contribution in [-0.2, 0) is 9.53 Å². The zero-order valence-corrected chi connectivity index (χ0v) is 16.0. The first kappa shape index (κ1) is 18.8. The molecule has 1 amide bonds. The summed E-state index contributed by atoms with van der Waals surface area (Å²) in [6.07, 6.45) is 0. The number of esters is 1. The minimum atomic E-state index is -0.706. The lowest BCUT2D eigenvalue weighted by molar-refractivity contribution is -0.121. The summed E-state index contributed by atoms with van der Waals surface area (Å²) >= 11 is 1.40. The number of fused-ring (bicyclic) bond motifs is 1. The van der Waals surface area contributed by atoms with Crippen molar-refractivity contribution >= 4 is 38.6 Å². The number of carbonyl (C=O) groups excluding carboxylic acids is 2. The summed E-state index contributed by atoms with van der Waals surface area (Å²) in [5, 5.41) is 0.554. The Morgan fingerprint density at radius 3 is 2.67 bits per heavy atom. The van der Waals surface area contributed by atoms with Gasteiger partial charge in [-0.2, -0.15) is 0 Å². The maximum atomic E-state index is 12.6. The molecular weight excluding hydrogens is 368 g/mol. The Balaban J connectivity index is 1.74. The van der Waals surface area contributed by atoms with E-state index in [0.717, 1.165) is 10.2 Å². The van der Waals surface area contributed by atoms with Gasteiger partial charge in [-0.15, -0.1) is 0 Å². The zero-order chi connectivity index (χ0) is 19.6. The van der Waals surface area contributed by atoms with Gasteiger partial charge in [0, 0.05) is 12.6 Å². The topological polar surface area (TPSA) is 89.7 Å². The first-order chi connectivity index (χ1) is 12.9. The van der Waals surface area contributed by atoms with Crippen LogP contribution in [0.4, 0.5) is 5.13 Å². The Morgan fingerprint density at radius 1 is 1.26 bits per heavy atom. The molecule has 0 aliphatic carbocycles. The van der Waals surface area contributed by atoms with Gasteiger partial charge in [0.25, 0.3) is 5.91 Å². The number of para-hydroxylation sites is 1. The first-order valence-corrected chi connectivity index (χ1v) is 9.16. The summed E-state index contributed by atoms with van der Waals surface area (Å²) in [5.74, 6) is -0.920. The van der Waals surface area contributed by atoms with Crippen molar-refractivity contribution in [3.63, 3.8) is 0 Å². The summed E-state index contributed by atoms with van der Waals surface area (Å²) in [6, 6.07) is 8.82. The molecule has 0 bridgehead atoms. The highest BCUT2D eigenvalue weighted by Crippen LogP contribution is 2.28. The van der Waals surface area contributed by atoms with Crippen molar-refractivity contribution in [1.82, 2.24) is 4.98 Å². The summed E-state index contributed by atoms with van der Waals surface area (Å²) in [4.78, 5) is 42.1. The lowest BCUT2D eigenvalue weighted by atomic mass is 10.1. The number of likely N-dealkylation sites (N-methyl/N-ethyl adjacent to an activating group) is 1. The second kappa shape index (κ2) is 7.71. The van der Waals surface area contributed by atoms with Crippen LogP contribution < -0.4 is 10.5 Å². The van der Waals surface area contributed by atoms with E-state index in [2.05, 4.69) is 4.98 Å². The van der Waals surface area contributed by atoms with E-state index in [4.69, 9.17) is 9.15 Å². The van der Waals surface area contributed by atoms with E-state index in [-0.39, 0.29) is 17.2 Å². The number of carbonyl (C=O) groups is 2. The first-order valence-electron chi connectivity index (χ1n) is 8.35. The van der Waals surface area contributed by atoms with Gasteiger partial charge in [0.05, 0.1) is 10.2 Å². The summed E-state index contributed by atoms with van der Waals surface area (Å²) in [7, 11) is 0. The highest BCUT2D eigenvalue weighted by Gasteiger charge is 2.22. The number of amides is 1. The third-order valence-corrected chi connectivity index (χ3v) is 5.06. The molecule has 2 heterocycles. The molecule has 0 saturated carbocycles. The van der Waals surface area contributed by atoms with Gasteiger partial charge in [0.15, 0.2) is 11.7 Å². The van der Waals surface area contributed by atoms with Gasteiger partial charge in [0.2, 0.25) is 0 Å². The molecule has 3 rings (SSSR count). The molecule has 27 heavy (non-hydrogen) atoms. The van der Waals surface area contributed by atoms with Crippen LogP contribution in [-0.4, -0.2) is 30.0 Å². The zero-order valence-electron chi connectivity index (χ0n) is 15.1. The van der Waals surface area contributed by atoms with Crippen LogP contribution in [0.25, 0.3) is 10.2 Å². The number of ether oxygens (including phenoxy) is 1. The van der Waals surface area contributed by atoms with Gasteiger partial charge >= 0.3 is 11.6 Å². The van der Waals surface area contributed by atoms with Crippen molar-refractivity contribution < 1.29 is 18.7 Å². The molecule has 8 heteroatoms. The minimum absolute atomic E-state index is 0.158. The second-order valence-electron chi connectivity index (χ2n) is 5.86. The van der Waals surface area contributed by atoms with Crippen LogP contribution in [0.2, 0.25) is 0 Å². The fourth-order valence-electron chi connectivity index (χ4n) is 2.73. The van der Waals surface area contributed by atoms with Crippen molar-refractivity contribution in [3.05, 3.63) is 57.6 Å². The smallest absolute Gasteiger partial charge is 0.342 e. The van der Waals surface area contributed by atoms with E-state index < -0.39 is 18.2 Å². The number of aryl methyl sites for hydroxylation is 2. The fraction of sp³-hybridized carbons (Fsp3) is 0.263. The molecule has 2 aromatic heterocycles. The molecule has 0 aliphatic rings. The lowest BCUT2D eigenvalue weighted by Gasteiger charge is -2.17. The van der Waals surface area contributed by atoms with E-state index in [1.807, 2.05) is 31.2 Å². The predicted molar refractivity (Wildman–Crippen MR) is 102 cm³/mol. The SMILES string of the molecule is CCN(C(=O)COC(=O)c1c(C)cc(=O)oc1C)c1nc2ccccc2s1. The molecule has 0 spiro atoms. The predicted octanol–water partition coefficient (Wildman–Crippen LogP) is 3.08. The van der Waals surface area contributed by atoms with Crippen LogP contribution in [0.5, 0.6) is 0 Å². The monoisotopic (exact) mass is 386 g/mol. The third-order valence-electron chi connectivity index (χ3n) is 4.00. The van der Waals surface area contributed by atoms with Crippen LogP contribution in [0.1, 0.15) is 28.6 Å². The molecule has 1 aromatic carbocycles. The van der Waals surface area contributed by atoms with E-state index in [1.54, 1.807) is 6.92 Å². The normalized spacial score (nSPS) is 10.8. The van der Waals surface area contributed by atoms with Crippen molar-refractivity contribution in [2.75, 3.05) is 18.1 Å². The number of aromatic nitrogens is 1. The number of hydrogen-bond donors (Lipinski definition) is 0. The Labute approximate surface area is 159 Å². The number of benzene rings is 1. The van der Waals surface area contributed by atoms with E-state index in [1.165, 1.54) is 29.2 Å². The number of nitrogens with zero attached hydrogens (tertiary/aromatic N) is 2. The molecule has 0 saturated heterocycles. The third kappa shape index (κ3) is 3.90. The van der Waals surface area contributed by atoms with E-state index in [0.29, 0.717) is 17.2 Å². The molecule has 7 nitrogen and oxygen atoms in total. The van der Waals surface area contributed by atoms with Crippen LogP contribution in [0.3, 0.4) is 0 Å². The maximum Gasteiger partial charge on any atom is 0.342 e. The Hall–Kier alpha value is -3.00. The Morgan fingerprint density at radius 2 is 2.00 bits per heavy atom.